The second kappa shape index (κ2) is 3.82. The third-order valence-electron chi connectivity index (χ3n) is 1.98. The van der Waals surface area contributed by atoms with Crippen LogP contribution in [-0.2, 0) is 0 Å². The number of carboxylic acid groups (broad SMARTS) is 1. The molecule has 2 rings (SSSR count). The van der Waals surface area contributed by atoms with Gasteiger partial charge in [0.15, 0.2) is 0 Å². The third-order valence-corrected chi connectivity index (χ3v) is 3.08. The number of nitrogens with zero attached hydrogens (tertiary/aromatic N) is 1. The minimum Gasteiger partial charge on any atom is -0.477 e. The van der Waals surface area contributed by atoms with Crippen molar-refractivity contribution < 1.29 is 9.90 Å². The molecule has 0 saturated heterocycles. The molecule has 0 amide bonds. The van der Waals surface area contributed by atoms with Crippen molar-refractivity contribution in [3.8, 4) is 10.6 Å². The van der Waals surface area contributed by atoms with E-state index in [0.29, 0.717) is 4.88 Å². The first-order valence-electron chi connectivity index (χ1n) is 4.43. The molecule has 0 aliphatic rings. The predicted octanol–water partition coefficient (Wildman–Crippen LogP) is 2.82. The van der Waals surface area contributed by atoms with E-state index in [4.69, 9.17) is 5.11 Å². The highest BCUT2D eigenvalue weighted by molar-refractivity contribution is 7.17. The van der Waals surface area contributed by atoms with E-state index < -0.39 is 5.97 Å². The van der Waals surface area contributed by atoms with Crippen LogP contribution in [-0.4, -0.2) is 16.1 Å². The zero-order valence-electron chi connectivity index (χ0n) is 8.10. The molecule has 0 unspecified atom stereocenters. The third kappa shape index (κ3) is 2.05. The molecule has 0 fully saturated rings. The Labute approximate surface area is 91.0 Å². The molecule has 0 atom stereocenters. The van der Waals surface area contributed by atoms with Crippen LogP contribution >= 0.6 is 11.3 Å². The number of aromatic nitrogens is 1. The SMILES string of the molecule is Cc1ccnc(-c2ccc(C(=O)O)s2)c1. The van der Waals surface area contributed by atoms with E-state index in [0.717, 1.165) is 16.1 Å². The van der Waals surface area contributed by atoms with Gasteiger partial charge < -0.3 is 5.11 Å². The van der Waals surface area contributed by atoms with Crippen LogP contribution in [0.5, 0.6) is 0 Å². The van der Waals surface area contributed by atoms with Crippen LogP contribution in [0, 0.1) is 6.92 Å². The van der Waals surface area contributed by atoms with Crippen molar-refractivity contribution in [2.75, 3.05) is 0 Å². The second-order valence-corrected chi connectivity index (χ2v) is 4.27. The summed E-state index contributed by atoms with van der Waals surface area (Å²) >= 11 is 1.24. The normalized spacial score (nSPS) is 10.2. The summed E-state index contributed by atoms with van der Waals surface area (Å²) in [4.78, 5) is 16.1. The summed E-state index contributed by atoms with van der Waals surface area (Å²) in [6, 6.07) is 7.24. The number of aromatic carboxylic acids is 1. The Balaban J connectivity index is 2.41. The van der Waals surface area contributed by atoms with E-state index in [2.05, 4.69) is 4.98 Å². The van der Waals surface area contributed by atoms with E-state index in [1.165, 1.54) is 11.3 Å². The van der Waals surface area contributed by atoms with Gasteiger partial charge in [0.05, 0.1) is 10.6 Å². The number of thiophene rings is 1. The van der Waals surface area contributed by atoms with Gasteiger partial charge in [-0.15, -0.1) is 11.3 Å². The fraction of sp³-hybridized carbons (Fsp3) is 0.0909. The van der Waals surface area contributed by atoms with Crippen LogP contribution in [0.4, 0.5) is 0 Å². The highest BCUT2D eigenvalue weighted by atomic mass is 32.1. The first-order chi connectivity index (χ1) is 7.16. The summed E-state index contributed by atoms with van der Waals surface area (Å²) in [7, 11) is 0. The monoisotopic (exact) mass is 219 g/mol. The highest BCUT2D eigenvalue weighted by Crippen LogP contribution is 2.26. The number of hydrogen-bond donors (Lipinski definition) is 1. The standard InChI is InChI=1S/C11H9NO2S/c1-7-4-5-12-8(6-7)9-2-3-10(15-9)11(13)14/h2-6H,1H3,(H,13,14). The van der Waals surface area contributed by atoms with Gasteiger partial charge in [0, 0.05) is 6.20 Å². The van der Waals surface area contributed by atoms with Crippen LogP contribution in [0.3, 0.4) is 0 Å². The molecule has 1 N–H and O–H groups in total. The van der Waals surface area contributed by atoms with Crippen molar-refractivity contribution in [1.82, 2.24) is 4.98 Å². The lowest BCUT2D eigenvalue weighted by Gasteiger charge is -1.96. The average Bonchev–Trinajstić information content (AvgIpc) is 2.66. The summed E-state index contributed by atoms with van der Waals surface area (Å²) < 4.78 is 0. The fourth-order valence-corrected chi connectivity index (χ4v) is 2.07. The predicted molar refractivity (Wildman–Crippen MR) is 59.2 cm³/mol. The van der Waals surface area contributed by atoms with Crippen molar-refractivity contribution in [3.05, 3.63) is 40.9 Å². The molecule has 2 aromatic rings. The number of pyridine rings is 1. The Morgan fingerprint density at radius 2 is 2.20 bits per heavy atom. The molecule has 76 valence electrons. The lowest BCUT2D eigenvalue weighted by molar-refractivity contribution is 0.0702. The van der Waals surface area contributed by atoms with E-state index in [1.54, 1.807) is 18.3 Å². The number of carbonyl (C=O) groups is 1. The number of carboxylic acids is 1. The van der Waals surface area contributed by atoms with E-state index >= 15 is 0 Å². The van der Waals surface area contributed by atoms with Crippen molar-refractivity contribution >= 4 is 17.3 Å². The van der Waals surface area contributed by atoms with E-state index in [1.807, 2.05) is 19.1 Å². The Bertz CT molecular complexity index is 505. The molecule has 0 aliphatic carbocycles. The molecule has 0 radical (unpaired) electrons. The van der Waals surface area contributed by atoms with E-state index in [9.17, 15) is 4.79 Å². The summed E-state index contributed by atoms with van der Waals surface area (Å²) in [5, 5.41) is 8.79. The average molecular weight is 219 g/mol. The van der Waals surface area contributed by atoms with Gasteiger partial charge >= 0.3 is 5.97 Å². The lowest BCUT2D eigenvalue weighted by Crippen LogP contribution is -1.89. The van der Waals surface area contributed by atoms with Gasteiger partial charge in [-0.05, 0) is 36.8 Å². The summed E-state index contributed by atoms with van der Waals surface area (Å²) in [5.41, 5.74) is 1.94. The van der Waals surface area contributed by atoms with E-state index in [-0.39, 0.29) is 0 Å². The van der Waals surface area contributed by atoms with Crippen LogP contribution in [0.2, 0.25) is 0 Å². The number of rotatable bonds is 2. The van der Waals surface area contributed by atoms with Gasteiger partial charge in [0.1, 0.15) is 4.88 Å². The summed E-state index contributed by atoms with van der Waals surface area (Å²) in [5.74, 6) is -0.890. The van der Waals surface area contributed by atoms with Gasteiger partial charge in [0.2, 0.25) is 0 Å². The van der Waals surface area contributed by atoms with Crippen LogP contribution < -0.4 is 0 Å². The van der Waals surface area contributed by atoms with Gasteiger partial charge in [-0.25, -0.2) is 4.79 Å². The maximum absolute atomic E-state index is 10.7. The summed E-state index contributed by atoms with van der Waals surface area (Å²) in [6.07, 6.45) is 1.73. The van der Waals surface area contributed by atoms with Gasteiger partial charge in [-0.3, -0.25) is 4.98 Å². The Hall–Kier alpha value is -1.68. The minimum atomic E-state index is -0.890. The zero-order chi connectivity index (χ0) is 10.8. The highest BCUT2D eigenvalue weighted by Gasteiger charge is 2.08. The van der Waals surface area contributed by atoms with Crippen molar-refractivity contribution in [3.63, 3.8) is 0 Å². The summed E-state index contributed by atoms with van der Waals surface area (Å²) in [6.45, 7) is 1.98. The molecule has 2 heterocycles. The maximum Gasteiger partial charge on any atom is 0.345 e. The molecule has 15 heavy (non-hydrogen) atoms. The minimum absolute atomic E-state index is 0.341. The molecule has 0 bridgehead atoms. The second-order valence-electron chi connectivity index (χ2n) is 3.19. The van der Waals surface area contributed by atoms with Crippen LogP contribution in [0.25, 0.3) is 10.6 Å². The molecule has 3 nitrogen and oxygen atoms in total. The fourth-order valence-electron chi connectivity index (χ4n) is 1.26. The first kappa shape index (κ1) is 9.86. The smallest absolute Gasteiger partial charge is 0.345 e. The molecule has 0 saturated carbocycles. The molecular formula is C11H9NO2S. The topological polar surface area (TPSA) is 50.2 Å². The molecule has 4 heteroatoms. The Morgan fingerprint density at radius 1 is 1.40 bits per heavy atom. The van der Waals surface area contributed by atoms with Crippen molar-refractivity contribution in [1.29, 1.82) is 0 Å². The van der Waals surface area contributed by atoms with Crippen molar-refractivity contribution in [2.45, 2.75) is 6.92 Å². The largest absolute Gasteiger partial charge is 0.477 e. The quantitative estimate of drug-likeness (QED) is 0.844. The zero-order valence-corrected chi connectivity index (χ0v) is 8.91. The lowest BCUT2D eigenvalue weighted by atomic mass is 10.2. The first-order valence-corrected chi connectivity index (χ1v) is 5.24. The van der Waals surface area contributed by atoms with Gasteiger partial charge in [-0.1, -0.05) is 0 Å². The van der Waals surface area contributed by atoms with Crippen LogP contribution in [0.1, 0.15) is 15.2 Å². The maximum atomic E-state index is 10.7. The van der Waals surface area contributed by atoms with Gasteiger partial charge in [-0.2, -0.15) is 0 Å². The van der Waals surface area contributed by atoms with Crippen molar-refractivity contribution in [2.24, 2.45) is 0 Å². The molecular weight excluding hydrogens is 210 g/mol. The Kier molecular flexibility index (Phi) is 2.51. The molecule has 2 aromatic heterocycles. The Morgan fingerprint density at radius 3 is 2.80 bits per heavy atom. The molecule has 0 aromatic carbocycles. The number of hydrogen-bond acceptors (Lipinski definition) is 3. The van der Waals surface area contributed by atoms with Gasteiger partial charge in [0.25, 0.3) is 0 Å². The van der Waals surface area contributed by atoms with Crippen LogP contribution in [0.15, 0.2) is 30.5 Å². The molecule has 0 spiro atoms. The number of aryl methyl sites for hydroxylation is 1. The molecule has 0 aliphatic heterocycles.